The van der Waals surface area contributed by atoms with Crippen molar-refractivity contribution in [1.82, 2.24) is 19.4 Å². The molecule has 1 saturated heterocycles. The number of aromatic nitrogens is 3. The van der Waals surface area contributed by atoms with Crippen LogP contribution >= 0.6 is 0 Å². The van der Waals surface area contributed by atoms with Crippen molar-refractivity contribution in [3.8, 4) is 11.4 Å². The number of hydrogen-bond acceptors (Lipinski definition) is 4. The van der Waals surface area contributed by atoms with Gasteiger partial charge in [-0.3, -0.25) is 9.59 Å². The highest BCUT2D eigenvalue weighted by molar-refractivity contribution is 5.94. The Bertz CT molecular complexity index is 1210. The van der Waals surface area contributed by atoms with Gasteiger partial charge in [-0.15, -0.1) is 0 Å². The zero-order valence-corrected chi connectivity index (χ0v) is 18.0. The van der Waals surface area contributed by atoms with E-state index in [1.165, 1.54) is 10.1 Å². The van der Waals surface area contributed by atoms with Crippen molar-refractivity contribution < 1.29 is 4.79 Å². The number of nitrogens with zero attached hydrogens (tertiary/aromatic N) is 4. The number of carbonyl (C=O) groups excluding carboxylic acids is 1. The van der Waals surface area contributed by atoms with Crippen molar-refractivity contribution in [3.05, 3.63) is 81.5 Å². The van der Waals surface area contributed by atoms with Crippen LogP contribution in [0.1, 0.15) is 46.6 Å². The first-order valence-electron chi connectivity index (χ1n) is 10.9. The molecule has 3 heterocycles. The van der Waals surface area contributed by atoms with Gasteiger partial charge >= 0.3 is 0 Å². The first kappa shape index (κ1) is 19.7. The van der Waals surface area contributed by atoms with Gasteiger partial charge in [0.2, 0.25) is 0 Å². The molecule has 1 amide bonds. The highest BCUT2D eigenvalue weighted by Gasteiger charge is 2.45. The van der Waals surface area contributed by atoms with Crippen LogP contribution < -0.4 is 5.56 Å². The molecular formula is C25H26N4O2. The number of hydrogen-bond donors (Lipinski definition) is 0. The Morgan fingerprint density at radius 3 is 2.71 bits per heavy atom. The molecule has 0 N–H and O–H groups in total. The summed E-state index contributed by atoms with van der Waals surface area (Å²) in [4.78, 5) is 37.4. The fraction of sp³-hybridized carbons (Fsp3) is 0.360. The second-order valence-electron chi connectivity index (χ2n) is 8.80. The van der Waals surface area contributed by atoms with E-state index in [-0.39, 0.29) is 22.4 Å². The van der Waals surface area contributed by atoms with Gasteiger partial charge in [0.25, 0.3) is 11.5 Å². The number of likely N-dealkylation sites (tertiary alicyclic amines) is 1. The number of piperidine rings is 1. The Labute approximate surface area is 181 Å². The number of fused-ring (bicyclic) bond motifs is 2. The molecule has 5 rings (SSSR count). The number of pyridine rings is 1. The smallest absolute Gasteiger partial charge is 0.263 e. The molecule has 1 aromatic carbocycles. The molecule has 3 aromatic rings. The second kappa shape index (κ2) is 7.45. The fourth-order valence-corrected chi connectivity index (χ4v) is 5.03. The molecule has 0 radical (unpaired) electrons. The molecule has 1 atom stereocenters. The van der Waals surface area contributed by atoms with Gasteiger partial charge in [0.05, 0.1) is 5.69 Å². The van der Waals surface area contributed by atoms with E-state index in [2.05, 4.69) is 4.98 Å². The number of benzene rings is 1. The summed E-state index contributed by atoms with van der Waals surface area (Å²) in [6.07, 6.45) is 5.75. The van der Waals surface area contributed by atoms with Crippen LogP contribution in [0.15, 0.2) is 53.5 Å². The standard InChI is InChI=1S/C25H26N4O2/c1-17-9-10-20(23(30)28(17)2)24(31)29-14-6-12-25(16-29)13-11-19-15-26-22(27-21(19)25)18-7-4-3-5-8-18/h3-5,7-10,15H,6,11-14,16H2,1-2H3. The van der Waals surface area contributed by atoms with E-state index in [4.69, 9.17) is 4.98 Å². The Kier molecular flexibility index (Phi) is 4.73. The summed E-state index contributed by atoms with van der Waals surface area (Å²) < 4.78 is 1.54. The van der Waals surface area contributed by atoms with E-state index < -0.39 is 0 Å². The largest absolute Gasteiger partial charge is 0.338 e. The molecule has 0 bridgehead atoms. The predicted octanol–water partition coefficient (Wildman–Crippen LogP) is 3.27. The zero-order valence-electron chi connectivity index (χ0n) is 18.0. The molecule has 1 unspecified atom stereocenters. The van der Waals surface area contributed by atoms with Crippen LogP contribution in [0, 0.1) is 6.92 Å². The van der Waals surface area contributed by atoms with Crippen molar-refractivity contribution in [3.63, 3.8) is 0 Å². The van der Waals surface area contributed by atoms with Gasteiger partial charge in [-0.2, -0.15) is 0 Å². The van der Waals surface area contributed by atoms with E-state index in [1.54, 1.807) is 13.1 Å². The molecule has 1 aliphatic carbocycles. The summed E-state index contributed by atoms with van der Waals surface area (Å²) in [6, 6.07) is 13.5. The number of aryl methyl sites for hydroxylation is 2. The molecule has 6 heteroatoms. The highest BCUT2D eigenvalue weighted by atomic mass is 16.2. The van der Waals surface area contributed by atoms with Crippen LogP contribution in [0.4, 0.5) is 0 Å². The summed E-state index contributed by atoms with van der Waals surface area (Å²) in [5.74, 6) is 0.557. The summed E-state index contributed by atoms with van der Waals surface area (Å²) in [6.45, 7) is 3.13. The van der Waals surface area contributed by atoms with Crippen LogP contribution in [0.5, 0.6) is 0 Å². The van der Waals surface area contributed by atoms with Crippen molar-refractivity contribution in [2.75, 3.05) is 13.1 Å². The lowest BCUT2D eigenvalue weighted by Crippen LogP contribution is -2.49. The lowest BCUT2D eigenvalue weighted by atomic mass is 9.77. The summed E-state index contributed by atoms with van der Waals surface area (Å²) in [7, 11) is 1.71. The zero-order chi connectivity index (χ0) is 21.6. The lowest BCUT2D eigenvalue weighted by Gasteiger charge is -2.40. The Balaban J connectivity index is 1.48. The quantitative estimate of drug-likeness (QED) is 0.645. The Morgan fingerprint density at radius 1 is 1.10 bits per heavy atom. The maximum absolute atomic E-state index is 13.3. The third kappa shape index (κ3) is 3.26. The van der Waals surface area contributed by atoms with Crippen LogP contribution in [-0.4, -0.2) is 38.4 Å². The van der Waals surface area contributed by atoms with Crippen molar-refractivity contribution in [2.24, 2.45) is 7.05 Å². The molecule has 2 aromatic heterocycles. The van der Waals surface area contributed by atoms with Gasteiger partial charge < -0.3 is 9.47 Å². The van der Waals surface area contributed by atoms with Gasteiger partial charge in [-0.1, -0.05) is 30.3 Å². The van der Waals surface area contributed by atoms with Gasteiger partial charge in [0.15, 0.2) is 5.82 Å². The van der Waals surface area contributed by atoms with E-state index in [9.17, 15) is 9.59 Å². The monoisotopic (exact) mass is 414 g/mol. The lowest BCUT2D eigenvalue weighted by molar-refractivity contribution is 0.0631. The summed E-state index contributed by atoms with van der Waals surface area (Å²) >= 11 is 0. The van der Waals surface area contributed by atoms with Gasteiger partial charge in [0.1, 0.15) is 5.56 Å². The molecule has 0 saturated carbocycles. The van der Waals surface area contributed by atoms with Gasteiger partial charge in [-0.05, 0) is 50.3 Å². The number of amides is 1. The van der Waals surface area contributed by atoms with E-state index in [1.807, 2.05) is 54.4 Å². The molecule has 1 spiro atoms. The minimum Gasteiger partial charge on any atom is -0.338 e. The average Bonchev–Trinajstić information content (AvgIpc) is 3.14. The Hall–Kier alpha value is -3.28. The van der Waals surface area contributed by atoms with Gasteiger partial charge in [-0.25, -0.2) is 9.97 Å². The van der Waals surface area contributed by atoms with Crippen molar-refractivity contribution in [2.45, 2.75) is 38.0 Å². The third-order valence-electron chi connectivity index (χ3n) is 6.92. The maximum atomic E-state index is 13.3. The molecule has 1 fully saturated rings. The summed E-state index contributed by atoms with van der Waals surface area (Å²) in [5.41, 5.74) is 3.95. The molecule has 1 aliphatic heterocycles. The first-order chi connectivity index (χ1) is 15.0. The number of rotatable bonds is 2. The molecular weight excluding hydrogens is 388 g/mol. The minimum absolute atomic E-state index is 0.161. The van der Waals surface area contributed by atoms with E-state index in [0.717, 1.165) is 48.5 Å². The molecule has 6 nitrogen and oxygen atoms in total. The summed E-state index contributed by atoms with van der Waals surface area (Å²) in [5, 5.41) is 0. The second-order valence-corrected chi connectivity index (χ2v) is 8.80. The molecule has 2 aliphatic rings. The third-order valence-corrected chi connectivity index (χ3v) is 6.92. The predicted molar refractivity (Wildman–Crippen MR) is 119 cm³/mol. The van der Waals surface area contributed by atoms with Crippen molar-refractivity contribution in [1.29, 1.82) is 0 Å². The van der Waals surface area contributed by atoms with Crippen LogP contribution in [0.3, 0.4) is 0 Å². The van der Waals surface area contributed by atoms with Crippen LogP contribution in [-0.2, 0) is 18.9 Å². The molecule has 158 valence electrons. The number of carbonyl (C=O) groups is 1. The van der Waals surface area contributed by atoms with Crippen molar-refractivity contribution >= 4 is 5.91 Å². The van der Waals surface area contributed by atoms with Crippen LogP contribution in [0.25, 0.3) is 11.4 Å². The topological polar surface area (TPSA) is 68.1 Å². The molecule has 31 heavy (non-hydrogen) atoms. The average molecular weight is 415 g/mol. The van der Waals surface area contributed by atoms with Gasteiger partial charge in [0, 0.05) is 43.0 Å². The fourth-order valence-electron chi connectivity index (χ4n) is 5.03. The first-order valence-corrected chi connectivity index (χ1v) is 10.9. The Morgan fingerprint density at radius 2 is 1.90 bits per heavy atom. The normalized spacial score (nSPS) is 20.1. The maximum Gasteiger partial charge on any atom is 0.263 e. The van der Waals surface area contributed by atoms with Crippen LogP contribution in [0.2, 0.25) is 0 Å². The SMILES string of the molecule is Cc1ccc(C(=O)N2CCCC3(CCc4cnc(-c5ccccc5)nc43)C2)c(=O)n1C. The van der Waals surface area contributed by atoms with E-state index in [0.29, 0.717) is 13.1 Å². The van der Waals surface area contributed by atoms with E-state index >= 15 is 0 Å². The minimum atomic E-state index is -0.231. The highest BCUT2D eigenvalue weighted by Crippen LogP contribution is 2.44.